The number of ketones is 1. The molecule has 1 aliphatic rings. The first kappa shape index (κ1) is 37.9. The molecule has 0 fully saturated rings. The fraction of sp³-hybridized carbons (Fsp3) is 0.225. The quantitative estimate of drug-likeness (QED) is 0.0731. The molecule has 53 heavy (non-hydrogen) atoms. The Kier molecular flexibility index (Phi) is 13.0. The lowest BCUT2D eigenvalue weighted by atomic mass is 9.73. The number of carbonyl (C=O) groups is 2. The number of rotatable bonds is 15. The molecule has 2 heterocycles. The number of aromatic hydroxyl groups is 2. The minimum absolute atomic E-state index is 0.0172. The number of phenols is 2. The summed E-state index contributed by atoms with van der Waals surface area (Å²) in [6, 6.07) is 18.4. The summed E-state index contributed by atoms with van der Waals surface area (Å²) >= 11 is 0. The van der Waals surface area contributed by atoms with Crippen LogP contribution in [0.15, 0.2) is 109 Å². The van der Waals surface area contributed by atoms with E-state index in [0.717, 1.165) is 16.7 Å². The van der Waals surface area contributed by atoms with Crippen molar-refractivity contribution >= 4 is 36.9 Å². The van der Waals surface area contributed by atoms with Crippen LogP contribution >= 0.6 is 0 Å². The third kappa shape index (κ3) is 10.8. The number of amides is 2. The molecule has 0 saturated heterocycles. The van der Waals surface area contributed by atoms with Crippen LogP contribution in [0, 0.1) is 5.92 Å². The van der Waals surface area contributed by atoms with Gasteiger partial charge >= 0.3 is 12.9 Å². The van der Waals surface area contributed by atoms with E-state index in [0.29, 0.717) is 29.5 Å². The first-order valence-electron chi connectivity index (χ1n) is 17.0. The van der Waals surface area contributed by atoms with Crippen molar-refractivity contribution in [3.63, 3.8) is 0 Å². The van der Waals surface area contributed by atoms with Crippen molar-refractivity contribution in [1.29, 1.82) is 0 Å². The average molecular weight is 718 g/mol. The number of nitrogens with one attached hydrogen (secondary N) is 2. The summed E-state index contributed by atoms with van der Waals surface area (Å²) in [5, 5.41) is 26.1. The van der Waals surface area contributed by atoms with Gasteiger partial charge in [-0.2, -0.15) is 0 Å². The Hall–Kier alpha value is -6.37. The van der Waals surface area contributed by atoms with E-state index in [1.165, 1.54) is 44.9 Å². The van der Waals surface area contributed by atoms with E-state index >= 15 is 0 Å². The summed E-state index contributed by atoms with van der Waals surface area (Å²) in [5.74, 6) is 0.0568. The number of phenolic OH excluding ortho intramolecular Hbond substituents is 2. The van der Waals surface area contributed by atoms with E-state index in [4.69, 9.17) is 18.5 Å². The Morgan fingerprint density at radius 2 is 1.55 bits per heavy atom. The Bertz CT molecular complexity index is 2000. The number of ether oxygens (including phenoxy) is 2. The van der Waals surface area contributed by atoms with Gasteiger partial charge < -0.3 is 39.3 Å². The third-order valence-electron chi connectivity index (χ3n) is 8.16. The number of methoxy groups -OCH3 is 2. The van der Waals surface area contributed by atoms with E-state index in [9.17, 15) is 19.8 Å². The fourth-order valence-corrected chi connectivity index (χ4v) is 5.53. The first-order valence-corrected chi connectivity index (χ1v) is 17.0. The zero-order valence-electron chi connectivity index (χ0n) is 29.9. The van der Waals surface area contributed by atoms with Gasteiger partial charge in [0.15, 0.2) is 28.9 Å². The summed E-state index contributed by atoms with van der Waals surface area (Å²) in [5.41, 5.74) is 2.43. The molecule has 2 atom stereocenters. The SMILES string of the molecule is COc1cc(/C=C/C2=CC(/C=C/c3ccc(O)c(OC)c3)=[O+]B([C@H](CC(C)C)NC(=O)[C@H](Cc3ccccc3)NC(=O)c3cnccn3)O2)ccc1O. The van der Waals surface area contributed by atoms with Crippen LogP contribution in [-0.2, 0) is 20.2 Å². The van der Waals surface area contributed by atoms with Crippen LogP contribution < -0.4 is 20.1 Å². The van der Waals surface area contributed by atoms with Gasteiger partial charge in [0.2, 0.25) is 5.91 Å². The monoisotopic (exact) mass is 717 g/mol. The van der Waals surface area contributed by atoms with Crippen molar-refractivity contribution in [2.24, 2.45) is 5.92 Å². The topological polar surface area (TPSA) is 163 Å². The molecular weight excluding hydrogens is 675 g/mol. The second-order valence-electron chi connectivity index (χ2n) is 12.6. The number of carbonyl (C=O) groups excluding carboxylic acids is 3. The standard InChI is InChI=1S/C40H41BN4O8/c1-26(2)20-38(45-39(48)32(21-27-8-6-5-7-9-27)44-40(49)33-25-42-18-19-43-33)41-52-30(14-10-28-12-16-34(46)36(22-28)50-3)24-31(53-41)15-11-29-13-17-35(47)37(23-29)51-4/h5-19,22-26,32,38H,20-21H2,1-4H3,(H3-,44,45,46,47,48,49)/p+1/b14-10+,15-11+/t32-,38-/m0/s1. The Morgan fingerprint density at radius 3 is 2.15 bits per heavy atom. The molecule has 12 nitrogen and oxygen atoms in total. The van der Waals surface area contributed by atoms with Gasteiger partial charge in [-0.1, -0.05) is 62.4 Å². The summed E-state index contributed by atoms with van der Waals surface area (Å²) in [7, 11) is 1.98. The highest BCUT2D eigenvalue weighted by atomic mass is 16.6. The van der Waals surface area contributed by atoms with Crippen LogP contribution in [0.25, 0.3) is 12.2 Å². The van der Waals surface area contributed by atoms with E-state index in [1.807, 2.05) is 44.2 Å². The number of hydrogen-bond donors (Lipinski definition) is 4. The number of benzene rings is 3. The molecule has 0 aliphatic carbocycles. The minimum Gasteiger partial charge on any atom is -0.504 e. The van der Waals surface area contributed by atoms with E-state index in [2.05, 4.69) is 20.6 Å². The zero-order chi connectivity index (χ0) is 37.7. The lowest BCUT2D eigenvalue weighted by Crippen LogP contribution is -2.56. The maximum absolute atomic E-state index is 14.1. The molecule has 0 unspecified atom stereocenters. The van der Waals surface area contributed by atoms with Gasteiger partial charge in [0.05, 0.1) is 26.5 Å². The molecule has 272 valence electrons. The van der Waals surface area contributed by atoms with Crippen LogP contribution in [0.3, 0.4) is 0 Å². The predicted molar refractivity (Wildman–Crippen MR) is 202 cm³/mol. The molecule has 3 aromatic carbocycles. The molecular formula is C40H42BN4O8+. The van der Waals surface area contributed by atoms with E-state index in [1.54, 1.807) is 54.6 Å². The number of allylic oxidation sites excluding steroid dienone is 3. The van der Waals surface area contributed by atoms with E-state index in [-0.39, 0.29) is 29.5 Å². The van der Waals surface area contributed by atoms with Gasteiger partial charge in [0.25, 0.3) is 5.91 Å². The molecule has 0 saturated carbocycles. The predicted octanol–water partition coefficient (Wildman–Crippen LogP) is 5.25. The lowest BCUT2D eigenvalue weighted by molar-refractivity contribution is -0.319. The highest BCUT2D eigenvalue weighted by molar-refractivity contribution is 6.46. The van der Waals surface area contributed by atoms with Gasteiger partial charge in [0.1, 0.15) is 17.5 Å². The molecule has 2 amide bonds. The van der Waals surface area contributed by atoms with Crippen molar-refractivity contribution < 1.29 is 38.3 Å². The Labute approximate surface area is 308 Å². The van der Waals surface area contributed by atoms with Crippen molar-refractivity contribution in [3.05, 3.63) is 132 Å². The van der Waals surface area contributed by atoms with Gasteiger partial charge in [-0.15, -0.1) is 0 Å². The summed E-state index contributed by atoms with van der Waals surface area (Å²) in [6.45, 7) is 4.05. The van der Waals surface area contributed by atoms with Crippen LogP contribution in [0.2, 0.25) is 0 Å². The van der Waals surface area contributed by atoms with Crippen LogP contribution in [0.4, 0.5) is 0 Å². The Morgan fingerprint density at radius 1 is 0.887 bits per heavy atom. The fourth-order valence-electron chi connectivity index (χ4n) is 5.53. The van der Waals surface area contributed by atoms with E-state index < -0.39 is 30.9 Å². The third-order valence-corrected chi connectivity index (χ3v) is 8.16. The zero-order valence-corrected chi connectivity index (χ0v) is 29.9. The van der Waals surface area contributed by atoms with Gasteiger partial charge in [-0.25, -0.2) is 4.98 Å². The molecule has 5 rings (SSSR count). The largest absolute Gasteiger partial charge is 0.929 e. The van der Waals surface area contributed by atoms with Crippen molar-refractivity contribution in [3.8, 4) is 23.0 Å². The second kappa shape index (κ2) is 18.2. The molecule has 4 aromatic rings. The highest BCUT2D eigenvalue weighted by Crippen LogP contribution is 2.28. The normalized spacial score (nSPS) is 13.9. The van der Waals surface area contributed by atoms with Gasteiger partial charge in [0, 0.05) is 24.9 Å². The molecule has 4 N–H and O–H groups in total. The smallest absolute Gasteiger partial charge is 0.504 e. The molecule has 0 radical (unpaired) electrons. The van der Waals surface area contributed by atoms with Gasteiger partial charge in [-0.05, 0) is 65.4 Å². The Balaban J connectivity index is 1.46. The maximum Gasteiger partial charge on any atom is 0.929 e. The summed E-state index contributed by atoms with van der Waals surface area (Å²) in [4.78, 5) is 35.4. The number of aromatic nitrogens is 2. The first-order chi connectivity index (χ1) is 25.6. The summed E-state index contributed by atoms with van der Waals surface area (Å²) in [6.07, 6.45) is 13.7. The van der Waals surface area contributed by atoms with Crippen molar-refractivity contribution in [2.75, 3.05) is 14.2 Å². The summed E-state index contributed by atoms with van der Waals surface area (Å²) < 4.78 is 23.3. The van der Waals surface area contributed by atoms with Crippen molar-refractivity contribution in [1.82, 2.24) is 20.6 Å². The number of hydrogen-bond acceptors (Lipinski definition) is 9. The highest BCUT2D eigenvalue weighted by Gasteiger charge is 2.52. The number of nitrogens with zero attached hydrogens (tertiary/aromatic N) is 2. The molecule has 13 heteroatoms. The average Bonchev–Trinajstić information content (AvgIpc) is 3.17. The van der Waals surface area contributed by atoms with Gasteiger partial charge in [-0.3, -0.25) is 14.6 Å². The molecule has 0 spiro atoms. The van der Waals surface area contributed by atoms with Crippen LogP contribution in [0.5, 0.6) is 23.0 Å². The minimum atomic E-state index is -0.970. The lowest BCUT2D eigenvalue weighted by Gasteiger charge is -2.23. The molecule has 1 aliphatic heterocycles. The van der Waals surface area contributed by atoms with Crippen LogP contribution in [0.1, 0.15) is 47.4 Å². The second-order valence-corrected chi connectivity index (χ2v) is 12.6. The van der Waals surface area contributed by atoms with Crippen molar-refractivity contribution in [2.45, 2.75) is 38.7 Å². The molecule has 1 aromatic heterocycles. The van der Waals surface area contributed by atoms with Crippen LogP contribution in [-0.4, -0.2) is 71.1 Å². The molecule has 0 bridgehead atoms. The maximum atomic E-state index is 14.1.